The molecule has 0 aliphatic heterocycles. The molecule has 20 bridgehead atoms. The molecule has 0 amide bonds. The highest BCUT2D eigenvalue weighted by atomic mass is 16.7. The lowest BCUT2D eigenvalue weighted by molar-refractivity contribution is -0.194. The first kappa shape index (κ1) is 91.7. The SMILES string of the molecule is CCC(C)(C)C(=O)OCOC1C2CC3CC(C2)C(=O)C1C3.CCC(C)(C)C(=O)OCOC1CC2CCC1C2.CCC(C)(C)C(=O)OCOCC12CC3CC(CC(C3)C1)C2.CCC(C)C(=O)OCOC1C2CC3CC(C2)C(=O)C1C3.CCC(C)C(=O)OCOC1CC2CCC1C2.CCC(C)C(=O)OCOCC12CC3CC(CC(C3)C1)C2. The third-order valence-electron chi connectivity index (χ3n) is 32.4. The van der Waals surface area contributed by atoms with Gasteiger partial charge in [-0.3, -0.25) is 38.4 Å². The Morgan fingerprint density at radius 1 is 0.330 bits per heavy atom. The molecule has 20 saturated carbocycles. The summed E-state index contributed by atoms with van der Waals surface area (Å²) in [6.45, 7) is 31.1. The van der Waals surface area contributed by atoms with Crippen molar-refractivity contribution in [3.05, 3.63) is 0 Å². The number of esters is 6. The average Bonchev–Trinajstić information content (AvgIpc) is 1.71. The third kappa shape index (κ3) is 23.6. The second kappa shape index (κ2) is 40.7. The minimum absolute atomic E-state index is 0.00343. The van der Waals surface area contributed by atoms with E-state index in [1.165, 1.54) is 141 Å². The maximum atomic E-state index is 12.3. The van der Waals surface area contributed by atoms with Gasteiger partial charge >= 0.3 is 35.8 Å². The van der Waals surface area contributed by atoms with Crippen LogP contribution in [0.25, 0.3) is 0 Å². The fourth-order valence-corrected chi connectivity index (χ4v) is 24.7. The predicted octanol–water partition coefficient (Wildman–Crippen LogP) is 19.3. The van der Waals surface area contributed by atoms with Crippen LogP contribution >= 0.6 is 0 Å². The number of carbonyl (C=O) groups excluding carboxylic acids is 8. The van der Waals surface area contributed by atoms with E-state index in [2.05, 4.69) is 0 Å². The van der Waals surface area contributed by atoms with Crippen LogP contribution < -0.4 is 0 Å². The van der Waals surface area contributed by atoms with Gasteiger partial charge in [-0.25, -0.2) is 0 Å². The zero-order valence-electron chi connectivity index (χ0n) is 73.8. The lowest BCUT2D eigenvalue weighted by Crippen LogP contribution is -2.55. The van der Waals surface area contributed by atoms with Crippen molar-refractivity contribution in [2.45, 2.75) is 347 Å². The highest BCUT2D eigenvalue weighted by Crippen LogP contribution is 2.62. The van der Waals surface area contributed by atoms with E-state index in [1.807, 2.05) is 104 Å². The van der Waals surface area contributed by atoms with Crippen molar-refractivity contribution < 1.29 is 95.2 Å². The fraction of sp³-hybridized carbons (Fsp3) is 0.916. The Morgan fingerprint density at radius 3 is 0.939 bits per heavy atom. The monoisotopic (exact) mass is 1620 g/mol. The molecule has 0 aromatic carbocycles. The largest absolute Gasteiger partial charge is 0.438 e. The number of rotatable bonds is 32. The third-order valence-corrected chi connectivity index (χ3v) is 32.4. The highest BCUT2D eigenvalue weighted by Gasteiger charge is 2.57. The van der Waals surface area contributed by atoms with E-state index in [0.717, 1.165) is 161 Å². The molecule has 20 rings (SSSR count). The molecule has 0 aromatic heterocycles. The number of hydrogen-bond donors (Lipinski definition) is 0. The first-order chi connectivity index (χ1) is 54.8. The molecule has 19 atom stereocenters. The summed E-state index contributed by atoms with van der Waals surface area (Å²) in [4.78, 5) is 94.7. The standard InChI is InChI=1S/C18H30O3.C17H26O4.C17H28O3.C16H24O4.C14H24O3.C13H22O3/c1-4-17(2,3)16(19)21-12-20-11-18-8-13-5-14(9-18)7-15(6-13)10-18;1-4-17(2,3)16(19)21-9-20-15-12-6-10-5-11(8-12)14(18)13(15)7-10;1-3-12(2)16(18)20-11-19-10-17-7-13-4-14(8-17)6-15(5-13)9-17;1-3-9(2)16(18)20-8-19-15-12-5-10-4-11(7-12)14(17)13(15)6-10;1-4-14(2,3)13(15)17-9-16-12-8-10-5-6-11(12)7-10;1-3-9(2)13(14)16-8-15-12-7-10-4-5-11(12)6-10/h13-15H,4-12H2,1-3H3;10-13,15H,4-9H2,1-3H3;12-15H,3-11H2,1-2H3;9-13,15H,3-8H2,1-2H3;10-12H,4-9H2,1-3H3;9-12H,3-8H2,1-2H3. The van der Waals surface area contributed by atoms with Crippen LogP contribution in [-0.2, 0) is 95.2 Å². The van der Waals surface area contributed by atoms with Crippen molar-refractivity contribution in [2.75, 3.05) is 54.0 Å². The molecule has 654 valence electrons. The molecule has 0 aromatic rings. The zero-order valence-corrected chi connectivity index (χ0v) is 73.8. The molecule has 0 radical (unpaired) electrons. The van der Waals surface area contributed by atoms with E-state index in [4.69, 9.17) is 56.8 Å². The first-order valence-electron chi connectivity index (χ1n) is 46.5. The van der Waals surface area contributed by atoms with Gasteiger partial charge in [-0.1, -0.05) is 62.3 Å². The Bertz CT molecular complexity index is 3140. The average molecular weight is 1620 g/mol. The predicted molar refractivity (Wildman–Crippen MR) is 435 cm³/mol. The van der Waals surface area contributed by atoms with Gasteiger partial charge in [0, 0.05) is 23.7 Å². The molecular weight excluding hydrogens is 1460 g/mol. The summed E-state index contributed by atoms with van der Waals surface area (Å²) in [5.41, 5.74) is -0.440. The molecular formula is C95H154O20. The van der Waals surface area contributed by atoms with Gasteiger partial charge in [-0.2, -0.15) is 0 Å². The molecule has 0 spiro atoms. The van der Waals surface area contributed by atoms with Crippen molar-refractivity contribution in [2.24, 2.45) is 151 Å². The van der Waals surface area contributed by atoms with E-state index < -0.39 is 16.2 Å². The second-order valence-corrected chi connectivity index (χ2v) is 42.1. The van der Waals surface area contributed by atoms with Crippen LogP contribution in [-0.4, -0.2) is 126 Å². The van der Waals surface area contributed by atoms with Crippen LogP contribution in [0.15, 0.2) is 0 Å². The summed E-state index contributed by atoms with van der Waals surface area (Å²) in [5, 5.41) is 0. The van der Waals surface area contributed by atoms with Crippen molar-refractivity contribution >= 4 is 47.4 Å². The minimum atomic E-state index is -0.469. The van der Waals surface area contributed by atoms with E-state index in [-0.39, 0.29) is 124 Å². The molecule has 19 unspecified atom stereocenters. The molecule has 115 heavy (non-hydrogen) atoms. The topological polar surface area (TPSA) is 247 Å². The van der Waals surface area contributed by atoms with Crippen LogP contribution in [0.4, 0.5) is 0 Å². The van der Waals surface area contributed by atoms with Crippen molar-refractivity contribution in [3.8, 4) is 0 Å². The summed E-state index contributed by atoms with van der Waals surface area (Å²) < 4.78 is 65.8. The summed E-state index contributed by atoms with van der Waals surface area (Å²) in [6.07, 6.45) is 41.0. The molecule has 20 heteroatoms. The van der Waals surface area contributed by atoms with Gasteiger partial charge in [0.25, 0.3) is 0 Å². The molecule has 0 heterocycles. The van der Waals surface area contributed by atoms with Gasteiger partial charge in [0.15, 0.2) is 40.8 Å². The first-order valence-corrected chi connectivity index (χ1v) is 46.5. The quantitative estimate of drug-likeness (QED) is 0.0263. The summed E-state index contributed by atoms with van der Waals surface area (Å²) >= 11 is 0. The van der Waals surface area contributed by atoms with E-state index in [1.54, 1.807) is 0 Å². The Hall–Kier alpha value is -4.08. The van der Waals surface area contributed by atoms with Crippen LogP contribution in [0.3, 0.4) is 0 Å². The number of fused-ring (bicyclic) bond motifs is 4. The van der Waals surface area contributed by atoms with Gasteiger partial charge in [0.2, 0.25) is 0 Å². The molecule has 0 saturated heterocycles. The van der Waals surface area contributed by atoms with Crippen LogP contribution in [0, 0.1) is 151 Å². The number of hydrogen-bond acceptors (Lipinski definition) is 20. The normalized spacial score (nSPS) is 37.1. The molecule has 0 N–H and O–H groups in total. The van der Waals surface area contributed by atoms with E-state index >= 15 is 0 Å². The molecule has 20 fully saturated rings. The van der Waals surface area contributed by atoms with Crippen molar-refractivity contribution in [1.82, 2.24) is 0 Å². The lowest BCUT2D eigenvalue weighted by Gasteiger charge is -2.56. The van der Waals surface area contributed by atoms with Crippen LogP contribution in [0.2, 0.25) is 0 Å². The maximum absolute atomic E-state index is 12.3. The van der Waals surface area contributed by atoms with Gasteiger partial charge in [-0.15, -0.1) is 0 Å². The molecule has 20 aliphatic carbocycles. The molecule has 20 aliphatic rings. The van der Waals surface area contributed by atoms with Gasteiger partial charge in [-0.05, 0) is 354 Å². The van der Waals surface area contributed by atoms with Crippen molar-refractivity contribution in [3.63, 3.8) is 0 Å². The number of Topliss-reactive ketones (excluding diaryl/α,β-unsaturated/α-hetero) is 2. The van der Waals surface area contributed by atoms with Gasteiger partial charge < -0.3 is 56.8 Å². The minimum Gasteiger partial charge on any atom is -0.438 e. The van der Waals surface area contributed by atoms with Crippen LogP contribution in [0.5, 0.6) is 0 Å². The number of ketones is 2. The maximum Gasteiger partial charge on any atom is 0.313 e. The summed E-state index contributed by atoms with van der Waals surface area (Å²) in [7, 11) is 0. The lowest BCUT2D eigenvalue weighted by atomic mass is 9.50. The highest BCUT2D eigenvalue weighted by molar-refractivity contribution is 5.87. The summed E-state index contributed by atoms with van der Waals surface area (Å²) in [6, 6.07) is 0. The van der Waals surface area contributed by atoms with Gasteiger partial charge in [0.05, 0.1) is 71.6 Å². The smallest absolute Gasteiger partial charge is 0.313 e. The number of ether oxygens (including phenoxy) is 12. The Labute approximate surface area is 691 Å². The number of carbonyl (C=O) groups is 8. The van der Waals surface area contributed by atoms with E-state index in [9.17, 15) is 38.4 Å². The summed E-state index contributed by atoms with van der Waals surface area (Å²) in [5.74, 6) is 11.7. The fourth-order valence-electron chi connectivity index (χ4n) is 24.7. The second-order valence-electron chi connectivity index (χ2n) is 42.1. The Balaban J connectivity index is 0.000000136. The van der Waals surface area contributed by atoms with Crippen LogP contribution in [0.1, 0.15) is 322 Å². The van der Waals surface area contributed by atoms with E-state index in [0.29, 0.717) is 52.4 Å². The Kier molecular flexibility index (Phi) is 32.5. The zero-order chi connectivity index (χ0) is 82.7. The van der Waals surface area contributed by atoms with Gasteiger partial charge in [0.1, 0.15) is 11.6 Å². The van der Waals surface area contributed by atoms with Crippen molar-refractivity contribution in [1.29, 1.82) is 0 Å². The Morgan fingerprint density at radius 2 is 0.626 bits per heavy atom. The molecule has 20 nitrogen and oxygen atoms in total.